The van der Waals surface area contributed by atoms with Gasteiger partial charge in [-0.2, -0.15) is 0 Å². The molecule has 52 heavy (non-hydrogen) atoms. The van der Waals surface area contributed by atoms with Gasteiger partial charge in [-0.1, -0.05) is 128 Å². The van der Waals surface area contributed by atoms with Gasteiger partial charge in [-0.25, -0.2) is 4.57 Å². The number of carbonyl (C=O) groups excluding carboxylic acids is 2. The lowest BCUT2D eigenvalue weighted by Crippen LogP contribution is -2.29. The van der Waals surface area contributed by atoms with Gasteiger partial charge >= 0.3 is 19.8 Å². The number of allylic oxidation sites excluding steroid dienone is 5. The van der Waals surface area contributed by atoms with Crippen LogP contribution in [0.3, 0.4) is 0 Å². The number of hydrogen-bond donors (Lipinski definition) is 3. The highest BCUT2D eigenvalue weighted by atomic mass is 31.2. The van der Waals surface area contributed by atoms with Gasteiger partial charge in [-0.05, 0) is 50.9 Å². The number of aliphatic hydroxyl groups is 2. The van der Waals surface area contributed by atoms with E-state index in [1.54, 1.807) is 0 Å². The Morgan fingerprint density at radius 3 is 2.04 bits per heavy atom. The third-order valence-corrected chi connectivity index (χ3v) is 9.60. The molecule has 11 nitrogen and oxygen atoms in total. The van der Waals surface area contributed by atoms with E-state index < -0.39 is 51.8 Å². The maximum Gasteiger partial charge on any atom is 0.472 e. The number of unbranched alkanes of at least 4 members (excludes halogenated alkanes) is 10. The molecular weight excluding hydrogens is 687 g/mol. The fraction of sp³-hybridized carbons (Fsp3) is 0.800. The van der Waals surface area contributed by atoms with Crippen LogP contribution in [0.2, 0.25) is 0 Å². The summed E-state index contributed by atoms with van der Waals surface area (Å²) in [6.45, 7) is 4.53. The molecule has 12 heteroatoms. The Morgan fingerprint density at radius 1 is 0.750 bits per heavy atom. The Balaban J connectivity index is 2.32. The van der Waals surface area contributed by atoms with Gasteiger partial charge in [0.2, 0.25) is 0 Å². The molecule has 1 aliphatic heterocycles. The highest BCUT2D eigenvalue weighted by Crippen LogP contribution is 2.43. The summed E-state index contributed by atoms with van der Waals surface area (Å²) in [6.07, 6.45) is 30.3. The fourth-order valence-corrected chi connectivity index (χ4v) is 6.23. The molecule has 1 aliphatic rings. The molecule has 0 radical (unpaired) electrons. The highest BCUT2D eigenvalue weighted by molar-refractivity contribution is 7.47. The third kappa shape index (κ3) is 29.6. The molecule has 1 rings (SSSR count). The van der Waals surface area contributed by atoms with Crippen molar-refractivity contribution in [3.63, 3.8) is 0 Å². The summed E-state index contributed by atoms with van der Waals surface area (Å²) in [5.41, 5.74) is 0. The third-order valence-electron chi connectivity index (χ3n) is 8.65. The molecule has 3 unspecified atom stereocenters. The van der Waals surface area contributed by atoms with Crippen LogP contribution >= 0.6 is 7.82 Å². The summed E-state index contributed by atoms with van der Waals surface area (Å²) >= 11 is 0. The van der Waals surface area contributed by atoms with Gasteiger partial charge in [0.15, 0.2) is 6.10 Å². The molecule has 3 N–H and O–H groups in total. The van der Waals surface area contributed by atoms with Crippen molar-refractivity contribution in [2.45, 2.75) is 174 Å². The second-order valence-corrected chi connectivity index (χ2v) is 15.6. The second kappa shape index (κ2) is 31.5. The monoisotopic (exact) mass is 758 g/mol. The SMILES string of the molecule is CCCCCC1OC1C/C=C\C/C=C\C/C=C\CCCC(=O)O[C@H](COC(=O)CCCCCCCCCCC(C)C)COP(=O)(O)OC[C@@H](O)CO. The summed E-state index contributed by atoms with van der Waals surface area (Å²) in [5, 5.41) is 18.3. The molecule has 0 amide bonds. The Labute approximate surface area is 314 Å². The molecule has 0 bridgehead atoms. The van der Waals surface area contributed by atoms with Crippen molar-refractivity contribution in [1.29, 1.82) is 0 Å². The predicted molar refractivity (Wildman–Crippen MR) is 205 cm³/mol. The van der Waals surface area contributed by atoms with Crippen LogP contribution in [-0.2, 0) is 37.4 Å². The van der Waals surface area contributed by atoms with Gasteiger partial charge in [0, 0.05) is 12.8 Å². The number of epoxide rings is 1. The summed E-state index contributed by atoms with van der Waals surface area (Å²) in [4.78, 5) is 34.8. The molecule has 1 saturated heterocycles. The van der Waals surface area contributed by atoms with Crippen molar-refractivity contribution >= 4 is 19.8 Å². The van der Waals surface area contributed by atoms with E-state index in [1.165, 1.54) is 57.8 Å². The van der Waals surface area contributed by atoms with Crippen LogP contribution in [0.25, 0.3) is 0 Å². The van der Waals surface area contributed by atoms with Crippen molar-refractivity contribution in [2.75, 3.05) is 26.4 Å². The number of esters is 2. The van der Waals surface area contributed by atoms with Gasteiger partial charge in [0.1, 0.15) is 12.7 Å². The summed E-state index contributed by atoms with van der Waals surface area (Å²) in [7, 11) is -4.63. The molecule has 1 heterocycles. The summed E-state index contributed by atoms with van der Waals surface area (Å²) < 4.78 is 38.3. The van der Waals surface area contributed by atoms with E-state index in [-0.39, 0.29) is 19.4 Å². The van der Waals surface area contributed by atoms with E-state index in [9.17, 15) is 24.2 Å². The standard InChI is InChI=1S/C40H71O11P/c1-4-5-20-26-37-38(51-37)27-22-17-13-8-6-7-9-15-19-24-29-40(44)50-36(33-49-52(45,46)48-31-35(42)30-41)32-47-39(43)28-23-18-14-11-10-12-16-21-25-34(2)3/h6,8-9,15,17,22,34-38,41-42H,4-5,7,10-14,16,18-21,23-33H2,1-3H3,(H,45,46)/b8-6-,15-9-,22-17-/t35-,36+,37?,38?/m0/s1. The number of rotatable bonds is 35. The number of carbonyl (C=O) groups is 2. The number of ether oxygens (including phenoxy) is 3. The smallest absolute Gasteiger partial charge is 0.462 e. The van der Waals surface area contributed by atoms with Crippen LogP contribution in [0, 0.1) is 5.92 Å². The summed E-state index contributed by atoms with van der Waals surface area (Å²) in [5.74, 6) is -0.242. The molecule has 0 saturated carbocycles. The van der Waals surface area contributed by atoms with Crippen molar-refractivity contribution < 1.29 is 52.5 Å². The number of hydrogen-bond acceptors (Lipinski definition) is 10. The summed E-state index contributed by atoms with van der Waals surface area (Å²) in [6, 6.07) is 0. The lowest BCUT2D eigenvalue weighted by atomic mass is 10.0. The zero-order valence-corrected chi connectivity index (χ0v) is 33.3. The van der Waals surface area contributed by atoms with E-state index in [2.05, 4.69) is 49.6 Å². The number of phosphoric ester groups is 1. The molecule has 0 spiro atoms. The predicted octanol–water partition coefficient (Wildman–Crippen LogP) is 8.84. The van der Waals surface area contributed by atoms with E-state index in [4.69, 9.17) is 23.8 Å². The molecule has 0 aromatic carbocycles. The lowest BCUT2D eigenvalue weighted by molar-refractivity contribution is -0.161. The van der Waals surface area contributed by atoms with Crippen molar-refractivity contribution in [1.82, 2.24) is 0 Å². The first-order chi connectivity index (χ1) is 25.1. The molecule has 302 valence electrons. The first-order valence-electron chi connectivity index (χ1n) is 19.9. The molecular formula is C40H71O11P. The normalized spacial score (nSPS) is 18.4. The van der Waals surface area contributed by atoms with Crippen LogP contribution in [0.5, 0.6) is 0 Å². The zero-order chi connectivity index (χ0) is 38.3. The van der Waals surface area contributed by atoms with Crippen LogP contribution in [0.1, 0.15) is 149 Å². The second-order valence-electron chi connectivity index (χ2n) is 14.2. The minimum Gasteiger partial charge on any atom is -0.462 e. The average molecular weight is 759 g/mol. The lowest BCUT2D eigenvalue weighted by Gasteiger charge is -2.20. The van der Waals surface area contributed by atoms with E-state index in [1.807, 2.05) is 12.2 Å². The van der Waals surface area contributed by atoms with Gasteiger partial charge in [0.05, 0.1) is 32.0 Å². The van der Waals surface area contributed by atoms with Crippen molar-refractivity contribution in [3.8, 4) is 0 Å². The Kier molecular flexibility index (Phi) is 29.2. The average Bonchev–Trinajstić information content (AvgIpc) is 3.87. The van der Waals surface area contributed by atoms with Crippen molar-refractivity contribution in [3.05, 3.63) is 36.5 Å². The minimum atomic E-state index is -4.63. The van der Waals surface area contributed by atoms with Crippen LogP contribution in [0.4, 0.5) is 0 Å². The first kappa shape index (κ1) is 48.2. The molecule has 1 fully saturated rings. The Bertz CT molecular complexity index is 1040. The fourth-order valence-electron chi connectivity index (χ4n) is 5.44. The van der Waals surface area contributed by atoms with E-state index in [0.29, 0.717) is 31.5 Å². The number of aliphatic hydroxyl groups excluding tert-OH is 2. The van der Waals surface area contributed by atoms with Gasteiger partial charge < -0.3 is 29.3 Å². The molecule has 0 aromatic rings. The largest absolute Gasteiger partial charge is 0.472 e. The Hall–Kier alpha value is -1.85. The van der Waals surface area contributed by atoms with E-state index in [0.717, 1.165) is 44.4 Å². The first-order valence-corrected chi connectivity index (χ1v) is 21.4. The van der Waals surface area contributed by atoms with Crippen molar-refractivity contribution in [2.24, 2.45) is 5.92 Å². The molecule has 0 aromatic heterocycles. The van der Waals surface area contributed by atoms with Crippen LogP contribution < -0.4 is 0 Å². The van der Waals surface area contributed by atoms with Crippen LogP contribution in [0.15, 0.2) is 36.5 Å². The zero-order valence-electron chi connectivity index (χ0n) is 32.4. The molecule has 0 aliphatic carbocycles. The van der Waals surface area contributed by atoms with Gasteiger partial charge in [0.25, 0.3) is 0 Å². The number of phosphoric acid groups is 1. The maximum atomic E-state index is 12.6. The quantitative estimate of drug-likeness (QED) is 0.0186. The molecule has 5 atom stereocenters. The van der Waals surface area contributed by atoms with Crippen LogP contribution in [-0.4, -0.2) is 77.9 Å². The maximum absolute atomic E-state index is 12.6. The highest BCUT2D eigenvalue weighted by Gasteiger charge is 2.36. The van der Waals surface area contributed by atoms with Gasteiger partial charge in [-0.3, -0.25) is 18.6 Å². The van der Waals surface area contributed by atoms with Gasteiger partial charge in [-0.15, -0.1) is 0 Å². The topological polar surface area (TPSA) is 161 Å². The Morgan fingerprint density at radius 2 is 1.37 bits per heavy atom. The van der Waals surface area contributed by atoms with E-state index >= 15 is 0 Å². The minimum absolute atomic E-state index is 0.104.